The molecule has 2 N–H and O–H groups in total. The smallest absolute Gasteiger partial charge is 0.134 e. The Kier molecular flexibility index (Phi) is 9.56. The SMILES string of the molecule is COc1cc(OCCCCCCCCCN)cc(OC)c1-c1ccccc1. The predicted molar refractivity (Wildman–Crippen MR) is 112 cm³/mol. The first-order valence-electron chi connectivity index (χ1n) is 9.94. The summed E-state index contributed by atoms with van der Waals surface area (Å²) in [6.45, 7) is 1.52. The van der Waals surface area contributed by atoms with E-state index in [0.717, 1.165) is 47.8 Å². The van der Waals surface area contributed by atoms with E-state index in [1.54, 1.807) is 14.2 Å². The van der Waals surface area contributed by atoms with E-state index in [2.05, 4.69) is 12.1 Å². The van der Waals surface area contributed by atoms with Crippen LogP contribution in [0.15, 0.2) is 42.5 Å². The zero-order valence-corrected chi connectivity index (χ0v) is 16.7. The molecule has 0 aliphatic heterocycles. The van der Waals surface area contributed by atoms with Crippen LogP contribution in [-0.4, -0.2) is 27.4 Å². The molecular formula is C23H33NO3. The molecule has 0 saturated heterocycles. The maximum absolute atomic E-state index is 5.95. The van der Waals surface area contributed by atoms with Gasteiger partial charge in [0.25, 0.3) is 0 Å². The molecule has 148 valence electrons. The van der Waals surface area contributed by atoms with Crippen LogP contribution in [0, 0.1) is 0 Å². The van der Waals surface area contributed by atoms with Gasteiger partial charge in [0.15, 0.2) is 0 Å². The largest absolute Gasteiger partial charge is 0.496 e. The quantitative estimate of drug-likeness (QED) is 0.476. The van der Waals surface area contributed by atoms with Crippen LogP contribution < -0.4 is 19.9 Å². The van der Waals surface area contributed by atoms with E-state index in [1.807, 2.05) is 30.3 Å². The number of rotatable bonds is 13. The molecule has 2 aromatic carbocycles. The summed E-state index contributed by atoms with van der Waals surface area (Å²) in [5.41, 5.74) is 7.53. The van der Waals surface area contributed by atoms with Gasteiger partial charge in [0.05, 0.1) is 26.4 Å². The van der Waals surface area contributed by atoms with Crippen LogP contribution in [0.3, 0.4) is 0 Å². The highest BCUT2D eigenvalue weighted by atomic mass is 16.5. The summed E-state index contributed by atoms with van der Waals surface area (Å²) in [4.78, 5) is 0. The minimum Gasteiger partial charge on any atom is -0.496 e. The van der Waals surface area contributed by atoms with E-state index < -0.39 is 0 Å². The third kappa shape index (κ3) is 6.79. The normalized spacial score (nSPS) is 10.6. The summed E-state index contributed by atoms with van der Waals surface area (Å²) in [5, 5.41) is 0. The molecule has 27 heavy (non-hydrogen) atoms. The van der Waals surface area contributed by atoms with E-state index in [9.17, 15) is 0 Å². The van der Waals surface area contributed by atoms with Crippen molar-refractivity contribution in [3.8, 4) is 28.4 Å². The molecule has 0 aromatic heterocycles. The van der Waals surface area contributed by atoms with Crippen LogP contribution in [0.4, 0.5) is 0 Å². The Morgan fingerprint density at radius 3 is 1.85 bits per heavy atom. The Labute approximate surface area is 163 Å². The Hall–Kier alpha value is -2.20. The fraction of sp³-hybridized carbons (Fsp3) is 0.478. The Morgan fingerprint density at radius 1 is 0.741 bits per heavy atom. The van der Waals surface area contributed by atoms with E-state index in [4.69, 9.17) is 19.9 Å². The number of nitrogens with two attached hydrogens (primary N) is 1. The van der Waals surface area contributed by atoms with Crippen molar-refractivity contribution in [3.63, 3.8) is 0 Å². The molecular weight excluding hydrogens is 338 g/mol. The molecule has 0 aliphatic carbocycles. The molecule has 2 rings (SSSR count). The molecule has 0 radical (unpaired) electrons. The zero-order valence-electron chi connectivity index (χ0n) is 16.7. The van der Waals surface area contributed by atoms with Gasteiger partial charge < -0.3 is 19.9 Å². The second-order valence-electron chi connectivity index (χ2n) is 6.68. The van der Waals surface area contributed by atoms with Crippen molar-refractivity contribution in [2.45, 2.75) is 44.9 Å². The molecule has 0 saturated carbocycles. The molecule has 2 aromatic rings. The third-order valence-electron chi connectivity index (χ3n) is 4.66. The van der Waals surface area contributed by atoms with Crippen molar-refractivity contribution in [1.82, 2.24) is 0 Å². The Morgan fingerprint density at radius 2 is 1.30 bits per heavy atom. The lowest BCUT2D eigenvalue weighted by atomic mass is 10.0. The first-order valence-corrected chi connectivity index (χ1v) is 9.94. The van der Waals surface area contributed by atoms with Gasteiger partial charge in [-0.3, -0.25) is 0 Å². The van der Waals surface area contributed by atoms with Crippen LogP contribution in [0.1, 0.15) is 44.9 Å². The third-order valence-corrected chi connectivity index (χ3v) is 4.66. The van der Waals surface area contributed by atoms with Crippen LogP contribution in [-0.2, 0) is 0 Å². The fourth-order valence-corrected chi connectivity index (χ4v) is 3.18. The van der Waals surface area contributed by atoms with Gasteiger partial charge in [-0.25, -0.2) is 0 Å². The number of benzene rings is 2. The van der Waals surface area contributed by atoms with Gasteiger partial charge in [-0.1, -0.05) is 62.4 Å². The lowest BCUT2D eigenvalue weighted by molar-refractivity contribution is 0.299. The first-order chi connectivity index (χ1) is 13.3. The van der Waals surface area contributed by atoms with Gasteiger partial charge >= 0.3 is 0 Å². The summed E-state index contributed by atoms with van der Waals surface area (Å²) < 4.78 is 17.2. The predicted octanol–water partition coefficient (Wildman–Crippen LogP) is 5.44. The molecule has 0 heterocycles. The van der Waals surface area contributed by atoms with Gasteiger partial charge in [0.2, 0.25) is 0 Å². The maximum Gasteiger partial charge on any atom is 0.134 e. The zero-order chi connectivity index (χ0) is 19.3. The maximum atomic E-state index is 5.95. The van der Waals surface area contributed by atoms with E-state index in [0.29, 0.717) is 6.61 Å². The fourth-order valence-electron chi connectivity index (χ4n) is 3.18. The standard InChI is InChI=1S/C23H33NO3/c1-25-21-17-20(27-16-12-7-5-3-4-6-11-15-24)18-22(26-2)23(21)19-13-9-8-10-14-19/h8-10,13-14,17-18H,3-7,11-12,15-16,24H2,1-2H3. The molecule has 0 aliphatic rings. The highest BCUT2D eigenvalue weighted by Gasteiger charge is 2.15. The van der Waals surface area contributed by atoms with Gasteiger partial charge in [0, 0.05) is 12.1 Å². The van der Waals surface area contributed by atoms with Crippen LogP contribution >= 0.6 is 0 Å². The van der Waals surface area contributed by atoms with E-state index in [1.165, 1.54) is 32.1 Å². The summed E-state index contributed by atoms with van der Waals surface area (Å²) >= 11 is 0. The topological polar surface area (TPSA) is 53.7 Å². The molecule has 4 nitrogen and oxygen atoms in total. The number of hydrogen-bond acceptors (Lipinski definition) is 4. The molecule has 4 heteroatoms. The monoisotopic (exact) mass is 371 g/mol. The van der Waals surface area contributed by atoms with E-state index in [-0.39, 0.29) is 0 Å². The number of unbranched alkanes of at least 4 members (excludes halogenated alkanes) is 6. The Bertz CT molecular complexity index is 633. The van der Waals surface area contributed by atoms with Crippen molar-refractivity contribution in [2.24, 2.45) is 5.73 Å². The van der Waals surface area contributed by atoms with Gasteiger partial charge in [0.1, 0.15) is 17.2 Å². The first kappa shape index (κ1) is 21.1. The van der Waals surface area contributed by atoms with Gasteiger partial charge in [-0.15, -0.1) is 0 Å². The molecule has 0 bridgehead atoms. The second-order valence-corrected chi connectivity index (χ2v) is 6.68. The van der Waals surface area contributed by atoms with Crippen molar-refractivity contribution in [2.75, 3.05) is 27.4 Å². The van der Waals surface area contributed by atoms with E-state index >= 15 is 0 Å². The molecule has 0 fully saturated rings. The van der Waals surface area contributed by atoms with Crippen LogP contribution in [0.5, 0.6) is 17.2 Å². The van der Waals surface area contributed by atoms with Crippen molar-refractivity contribution >= 4 is 0 Å². The van der Waals surface area contributed by atoms with Crippen molar-refractivity contribution < 1.29 is 14.2 Å². The summed E-state index contributed by atoms with van der Waals surface area (Å²) in [5.74, 6) is 2.30. The van der Waals surface area contributed by atoms with Crippen molar-refractivity contribution in [1.29, 1.82) is 0 Å². The van der Waals surface area contributed by atoms with Crippen LogP contribution in [0.2, 0.25) is 0 Å². The highest BCUT2D eigenvalue weighted by Crippen LogP contribution is 2.41. The molecule has 0 atom stereocenters. The summed E-state index contributed by atoms with van der Waals surface area (Å²) in [7, 11) is 3.35. The lowest BCUT2D eigenvalue weighted by Gasteiger charge is -2.16. The minimum absolute atomic E-state index is 0.708. The summed E-state index contributed by atoms with van der Waals surface area (Å²) in [6, 6.07) is 14.0. The number of methoxy groups -OCH3 is 2. The summed E-state index contributed by atoms with van der Waals surface area (Å²) in [6.07, 6.45) is 8.47. The molecule has 0 unspecified atom stereocenters. The number of ether oxygens (including phenoxy) is 3. The van der Waals surface area contributed by atoms with Gasteiger partial charge in [-0.05, 0) is 24.9 Å². The number of hydrogen-bond donors (Lipinski definition) is 1. The lowest BCUT2D eigenvalue weighted by Crippen LogP contribution is -2.00. The molecule has 0 spiro atoms. The average molecular weight is 372 g/mol. The van der Waals surface area contributed by atoms with Crippen LogP contribution in [0.25, 0.3) is 11.1 Å². The highest BCUT2D eigenvalue weighted by molar-refractivity contribution is 5.78. The van der Waals surface area contributed by atoms with Crippen molar-refractivity contribution in [3.05, 3.63) is 42.5 Å². The second kappa shape index (κ2) is 12.2. The Balaban J connectivity index is 1.89. The molecule has 0 amide bonds. The average Bonchev–Trinajstić information content (AvgIpc) is 2.72. The van der Waals surface area contributed by atoms with Gasteiger partial charge in [-0.2, -0.15) is 0 Å². The minimum atomic E-state index is 0.708.